The van der Waals surface area contributed by atoms with Gasteiger partial charge in [0, 0.05) is 48.3 Å². The van der Waals surface area contributed by atoms with E-state index in [1.165, 1.54) is 12.8 Å². The molecule has 0 bridgehead atoms. The van der Waals surface area contributed by atoms with Gasteiger partial charge in [0.2, 0.25) is 0 Å². The molecule has 2 fully saturated rings. The quantitative estimate of drug-likeness (QED) is 0.279. The highest BCUT2D eigenvalue weighted by atomic mass is 32.1. The molecule has 0 N–H and O–H groups in total. The number of aromatic nitrogens is 2. The van der Waals surface area contributed by atoms with Crippen molar-refractivity contribution in [3.8, 4) is 21.7 Å². The van der Waals surface area contributed by atoms with Gasteiger partial charge in [-0.3, -0.25) is 9.59 Å². The van der Waals surface area contributed by atoms with E-state index in [-0.39, 0.29) is 11.7 Å². The van der Waals surface area contributed by atoms with Crippen molar-refractivity contribution in [3.05, 3.63) is 83.0 Å². The van der Waals surface area contributed by atoms with Gasteiger partial charge in [-0.1, -0.05) is 24.3 Å². The smallest absolute Gasteiger partial charge is 0.276 e. The molecule has 40 heavy (non-hydrogen) atoms. The Labute approximate surface area is 237 Å². The molecule has 8 heteroatoms. The number of morpholine rings is 1. The minimum Gasteiger partial charge on any atom is -0.378 e. The Bertz CT molecular complexity index is 1590. The van der Waals surface area contributed by atoms with E-state index in [1.54, 1.807) is 23.6 Å². The highest BCUT2D eigenvalue weighted by Crippen LogP contribution is 2.43. The molecule has 0 spiro atoms. The van der Waals surface area contributed by atoms with Crippen LogP contribution >= 0.6 is 11.3 Å². The highest BCUT2D eigenvalue weighted by molar-refractivity contribution is 7.17. The van der Waals surface area contributed by atoms with Crippen LogP contribution in [0.2, 0.25) is 0 Å². The van der Waals surface area contributed by atoms with Crippen molar-refractivity contribution in [2.45, 2.75) is 25.7 Å². The Morgan fingerprint density at radius 3 is 2.62 bits per heavy atom. The summed E-state index contributed by atoms with van der Waals surface area (Å²) in [6, 6.07) is 19.6. The molecule has 5 heterocycles. The fourth-order valence-corrected chi connectivity index (χ4v) is 6.79. The molecule has 3 aromatic heterocycles. The zero-order chi connectivity index (χ0) is 27.1. The zero-order valence-electron chi connectivity index (χ0n) is 22.2. The van der Waals surface area contributed by atoms with Crippen molar-refractivity contribution in [1.29, 1.82) is 0 Å². The van der Waals surface area contributed by atoms with Crippen molar-refractivity contribution < 1.29 is 14.3 Å². The van der Waals surface area contributed by atoms with Crippen molar-refractivity contribution in [1.82, 2.24) is 9.97 Å². The van der Waals surface area contributed by atoms with E-state index in [1.807, 2.05) is 47.4 Å². The van der Waals surface area contributed by atoms with Gasteiger partial charge < -0.3 is 14.5 Å². The number of anilines is 2. The summed E-state index contributed by atoms with van der Waals surface area (Å²) < 4.78 is 5.53. The van der Waals surface area contributed by atoms with Crippen LogP contribution in [0.3, 0.4) is 0 Å². The van der Waals surface area contributed by atoms with Gasteiger partial charge in [-0.05, 0) is 67.1 Å². The number of rotatable bonds is 6. The van der Waals surface area contributed by atoms with Crippen molar-refractivity contribution in [2.24, 2.45) is 5.92 Å². The van der Waals surface area contributed by atoms with Crippen LogP contribution in [0.5, 0.6) is 0 Å². The van der Waals surface area contributed by atoms with Crippen LogP contribution in [0, 0.1) is 5.92 Å². The molecular formula is C32H30N4O3S. The second-order valence-electron chi connectivity index (χ2n) is 10.6. The summed E-state index contributed by atoms with van der Waals surface area (Å²) in [7, 11) is 0. The molecule has 1 aliphatic carbocycles. The predicted molar refractivity (Wildman–Crippen MR) is 157 cm³/mol. The van der Waals surface area contributed by atoms with E-state index in [0.29, 0.717) is 44.2 Å². The Hall–Kier alpha value is -3.88. The first-order valence-corrected chi connectivity index (χ1v) is 14.8. The maximum atomic E-state index is 14.0. The number of hydrogen-bond acceptors (Lipinski definition) is 7. The van der Waals surface area contributed by atoms with Gasteiger partial charge in [0.15, 0.2) is 5.78 Å². The summed E-state index contributed by atoms with van der Waals surface area (Å²) in [6.07, 6.45) is 5.47. The molecule has 4 aromatic rings. The molecule has 0 atom stereocenters. The number of ketones is 1. The van der Waals surface area contributed by atoms with Crippen LogP contribution in [-0.2, 0) is 11.2 Å². The number of carbonyl (C=O) groups excluding carboxylic acids is 2. The molecule has 3 aliphatic rings. The Morgan fingerprint density at radius 2 is 1.77 bits per heavy atom. The number of nitrogens with zero attached hydrogens (tertiary/aromatic N) is 4. The number of hydrogen-bond donors (Lipinski definition) is 0. The summed E-state index contributed by atoms with van der Waals surface area (Å²) >= 11 is 1.57. The maximum Gasteiger partial charge on any atom is 0.276 e. The Morgan fingerprint density at radius 1 is 0.950 bits per heavy atom. The summed E-state index contributed by atoms with van der Waals surface area (Å²) in [5.74, 6) is 1.54. The third kappa shape index (κ3) is 4.82. The number of Topliss-reactive ketones (excluding diaryl/α,β-unsaturated/α-hetero) is 1. The second-order valence-corrected chi connectivity index (χ2v) is 11.7. The van der Waals surface area contributed by atoms with Crippen LogP contribution in [0.1, 0.15) is 45.0 Å². The lowest BCUT2D eigenvalue weighted by molar-refractivity contribution is 0.0972. The summed E-state index contributed by atoms with van der Waals surface area (Å²) in [5, 5.41) is 0. The van der Waals surface area contributed by atoms with Gasteiger partial charge in [-0.25, -0.2) is 9.97 Å². The number of para-hydroxylation sites is 1. The average Bonchev–Trinajstić information content (AvgIpc) is 3.75. The van der Waals surface area contributed by atoms with Gasteiger partial charge in [0.05, 0.1) is 29.5 Å². The normalized spacial score (nSPS) is 16.7. The zero-order valence-corrected chi connectivity index (χ0v) is 23.0. The van der Waals surface area contributed by atoms with Crippen LogP contribution in [0.15, 0.2) is 66.9 Å². The van der Waals surface area contributed by atoms with Crippen LogP contribution in [0.25, 0.3) is 21.7 Å². The largest absolute Gasteiger partial charge is 0.378 e. The van der Waals surface area contributed by atoms with Crippen molar-refractivity contribution in [3.63, 3.8) is 0 Å². The third-order valence-electron chi connectivity index (χ3n) is 7.89. The fourth-order valence-electron chi connectivity index (χ4n) is 5.60. The van der Waals surface area contributed by atoms with Gasteiger partial charge >= 0.3 is 0 Å². The Kier molecular flexibility index (Phi) is 6.65. The molecule has 202 valence electrons. The maximum absolute atomic E-state index is 14.0. The molecular weight excluding hydrogens is 520 g/mol. The molecule has 7 rings (SSSR count). The molecule has 1 aromatic carbocycles. The minimum absolute atomic E-state index is 0.133. The molecule has 1 saturated carbocycles. The molecule has 1 amide bonds. The van der Waals surface area contributed by atoms with Gasteiger partial charge in [-0.15, -0.1) is 11.3 Å². The third-order valence-corrected chi connectivity index (χ3v) is 9.14. The van der Waals surface area contributed by atoms with E-state index >= 15 is 0 Å². The SMILES string of the molecule is O=C(CC1CC1)c1cc2c(s1)-c1ccccc1N(C(=O)c1cccc(-c3cccnc3N3CCOCC3)n1)CC2. The van der Waals surface area contributed by atoms with Crippen LogP contribution in [-0.4, -0.2) is 54.5 Å². The topological polar surface area (TPSA) is 75.6 Å². The number of fused-ring (bicyclic) bond motifs is 3. The van der Waals surface area contributed by atoms with E-state index in [2.05, 4.69) is 22.0 Å². The standard InChI is InChI=1S/C32H30N4O3S/c37-28(19-21-10-11-21)29-20-22-12-14-36(27-9-2-1-5-24(27)30(22)40-29)32(38)26-8-3-7-25(34-26)23-6-4-13-33-31(23)35-15-17-39-18-16-35/h1-9,13,20-21H,10-12,14-19H2. The number of pyridine rings is 2. The summed E-state index contributed by atoms with van der Waals surface area (Å²) in [5.41, 5.74) is 5.02. The summed E-state index contributed by atoms with van der Waals surface area (Å²) in [4.78, 5) is 42.4. The van der Waals surface area contributed by atoms with E-state index < -0.39 is 0 Å². The number of ether oxygens (including phenoxy) is 1. The molecule has 0 radical (unpaired) electrons. The average molecular weight is 551 g/mol. The van der Waals surface area contributed by atoms with E-state index in [9.17, 15) is 9.59 Å². The summed E-state index contributed by atoms with van der Waals surface area (Å²) in [6.45, 7) is 3.39. The minimum atomic E-state index is -0.133. The lowest BCUT2D eigenvalue weighted by Crippen LogP contribution is -2.37. The van der Waals surface area contributed by atoms with E-state index in [0.717, 1.165) is 56.7 Å². The fraction of sp³-hybridized carbons (Fsp3) is 0.312. The lowest BCUT2D eigenvalue weighted by Gasteiger charge is -2.29. The Balaban J connectivity index is 1.20. The van der Waals surface area contributed by atoms with Gasteiger partial charge in [0.1, 0.15) is 11.5 Å². The van der Waals surface area contributed by atoms with Gasteiger partial charge in [0.25, 0.3) is 5.91 Å². The van der Waals surface area contributed by atoms with Crippen LogP contribution < -0.4 is 9.80 Å². The first-order valence-electron chi connectivity index (χ1n) is 14.0. The predicted octanol–water partition coefficient (Wildman–Crippen LogP) is 5.89. The number of amides is 1. The van der Waals surface area contributed by atoms with Crippen molar-refractivity contribution >= 4 is 34.5 Å². The first kappa shape index (κ1) is 25.1. The molecule has 2 aliphatic heterocycles. The highest BCUT2D eigenvalue weighted by Gasteiger charge is 2.30. The van der Waals surface area contributed by atoms with Crippen molar-refractivity contribution in [2.75, 3.05) is 42.6 Å². The van der Waals surface area contributed by atoms with Gasteiger partial charge in [-0.2, -0.15) is 0 Å². The lowest BCUT2D eigenvalue weighted by atomic mass is 10.1. The molecule has 7 nitrogen and oxygen atoms in total. The number of thiophene rings is 1. The number of carbonyl (C=O) groups is 2. The first-order chi connectivity index (χ1) is 19.7. The number of benzene rings is 1. The molecule has 1 saturated heterocycles. The van der Waals surface area contributed by atoms with E-state index in [4.69, 9.17) is 9.72 Å². The molecule has 0 unspecified atom stereocenters. The van der Waals surface area contributed by atoms with Crippen LogP contribution in [0.4, 0.5) is 11.5 Å². The second kappa shape index (κ2) is 10.6. The monoisotopic (exact) mass is 550 g/mol.